The molecule has 0 bridgehead atoms. The number of anilines is 1. The van der Waals surface area contributed by atoms with E-state index in [0.717, 1.165) is 36.9 Å². The number of nitrogens with one attached hydrogen (secondary N) is 1. The van der Waals surface area contributed by atoms with E-state index in [4.69, 9.17) is 9.97 Å². The van der Waals surface area contributed by atoms with Gasteiger partial charge in [-0.1, -0.05) is 27.2 Å². The van der Waals surface area contributed by atoms with Gasteiger partial charge in [0, 0.05) is 23.7 Å². The number of aromatic nitrogens is 2. The lowest BCUT2D eigenvalue weighted by atomic mass is 9.80. The Balaban J connectivity index is 2.19. The number of rotatable bonds is 6. The van der Waals surface area contributed by atoms with E-state index in [2.05, 4.69) is 33.0 Å². The molecule has 0 unspecified atom stereocenters. The molecule has 0 radical (unpaired) electrons. The highest BCUT2D eigenvalue weighted by molar-refractivity contribution is 5.46. The van der Waals surface area contributed by atoms with Crippen molar-refractivity contribution in [2.75, 3.05) is 11.9 Å². The maximum Gasteiger partial charge on any atom is 0.134 e. The normalized spacial score (nSPS) is 22.3. The van der Waals surface area contributed by atoms with Crippen molar-refractivity contribution in [2.45, 2.75) is 78.6 Å². The van der Waals surface area contributed by atoms with Gasteiger partial charge in [0.2, 0.25) is 0 Å². The molecule has 1 saturated carbocycles. The summed E-state index contributed by atoms with van der Waals surface area (Å²) in [7, 11) is 0. The molecule has 21 heavy (non-hydrogen) atoms. The fraction of sp³-hybridized carbons (Fsp3) is 0.778. The van der Waals surface area contributed by atoms with Crippen LogP contribution in [-0.2, 0) is 6.42 Å². The molecule has 1 fully saturated rings. The number of aryl methyl sites for hydroxylation is 1. The fourth-order valence-corrected chi connectivity index (χ4v) is 3.35. The predicted molar refractivity (Wildman–Crippen MR) is 89.9 cm³/mol. The second-order valence-corrected chi connectivity index (χ2v) is 6.41. The second-order valence-electron chi connectivity index (χ2n) is 6.41. The topological polar surface area (TPSA) is 37.8 Å². The Kier molecular flexibility index (Phi) is 6.01. The minimum absolute atomic E-state index is 0.570. The summed E-state index contributed by atoms with van der Waals surface area (Å²) in [4.78, 5) is 9.75. The van der Waals surface area contributed by atoms with Gasteiger partial charge in [-0.2, -0.15) is 0 Å². The van der Waals surface area contributed by atoms with Gasteiger partial charge in [-0.3, -0.25) is 0 Å². The zero-order chi connectivity index (χ0) is 15.2. The van der Waals surface area contributed by atoms with Gasteiger partial charge in [-0.05, 0) is 51.4 Å². The van der Waals surface area contributed by atoms with Crippen molar-refractivity contribution in [3.05, 3.63) is 17.1 Å². The molecule has 3 heteroatoms. The van der Waals surface area contributed by atoms with Gasteiger partial charge in [0.1, 0.15) is 11.6 Å². The average Bonchev–Trinajstić information content (AvgIpc) is 2.54. The molecule has 0 saturated heterocycles. The van der Waals surface area contributed by atoms with Crippen LogP contribution < -0.4 is 5.32 Å². The van der Waals surface area contributed by atoms with E-state index in [1.807, 2.05) is 0 Å². The lowest BCUT2D eigenvalue weighted by Gasteiger charge is -2.27. The van der Waals surface area contributed by atoms with E-state index in [1.54, 1.807) is 0 Å². The Bertz CT molecular complexity index is 448. The standard InChI is InChI=1S/C18H31N3/c1-5-12-19-17-13(4)16(7-3)20-18(21-17)15-10-8-14(6-2)9-11-15/h14-15H,5-12H2,1-4H3,(H,19,20,21). The van der Waals surface area contributed by atoms with Crippen molar-refractivity contribution in [2.24, 2.45) is 5.92 Å². The summed E-state index contributed by atoms with van der Waals surface area (Å²) in [6, 6.07) is 0. The molecule has 0 aliphatic heterocycles. The molecule has 3 nitrogen and oxygen atoms in total. The highest BCUT2D eigenvalue weighted by Gasteiger charge is 2.24. The van der Waals surface area contributed by atoms with Crippen LogP contribution in [0.1, 0.15) is 82.3 Å². The molecule has 0 aromatic carbocycles. The van der Waals surface area contributed by atoms with Crippen molar-refractivity contribution < 1.29 is 0 Å². The largest absolute Gasteiger partial charge is 0.370 e. The quantitative estimate of drug-likeness (QED) is 0.813. The number of nitrogens with zero attached hydrogens (tertiary/aromatic N) is 2. The van der Waals surface area contributed by atoms with Crippen molar-refractivity contribution >= 4 is 5.82 Å². The monoisotopic (exact) mass is 289 g/mol. The van der Waals surface area contributed by atoms with Crippen LogP contribution in [-0.4, -0.2) is 16.5 Å². The fourth-order valence-electron chi connectivity index (χ4n) is 3.35. The molecule has 1 aromatic heterocycles. The minimum atomic E-state index is 0.570. The smallest absolute Gasteiger partial charge is 0.134 e. The molecule has 2 rings (SSSR count). The molecule has 0 amide bonds. The van der Waals surface area contributed by atoms with Crippen molar-refractivity contribution in [3.8, 4) is 0 Å². The third-order valence-corrected chi connectivity index (χ3v) is 4.93. The lowest BCUT2D eigenvalue weighted by molar-refractivity contribution is 0.312. The molecule has 1 N–H and O–H groups in total. The maximum atomic E-state index is 4.88. The van der Waals surface area contributed by atoms with Crippen LogP contribution >= 0.6 is 0 Å². The third-order valence-electron chi connectivity index (χ3n) is 4.93. The molecule has 0 spiro atoms. The molecule has 0 atom stereocenters. The lowest BCUT2D eigenvalue weighted by Crippen LogP contribution is -2.17. The molecule has 1 aromatic rings. The molecule has 118 valence electrons. The first kappa shape index (κ1) is 16.3. The first-order valence-electron chi connectivity index (χ1n) is 8.80. The Labute approximate surface area is 130 Å². The van der Waals surface area contributed by atoms with Gasteiger partial charge >= 0.3 is 0 Å². The zero-order valence-electron chi connectivity index (χ0n) is 14.2. The summed E-state index contributed by atoms with van der Waals surface area (Å²) in [5.41, 5.74) is 2.45. The molecule has 1 aliphatic carbocycles. The van der Waals surface area contributed by atoms with E-state index in [0.29, 0.717) is 5.92 Å². The van der Waals surface area contributed by atoms with Crippen LogP contribution in [0.25, 0.3) is 0 Å². The van der Waals surface area contributed by atoms with E-state index < -0.39 is 0 Å². The Hall–Kier alpha value is -1.12. The van der Waals surface area contributed by atoms with E-state index in [-0.39, 0.29) is 0 Å². The average molecular weight is 289 g/mol. The van der Waals surface area contributed by atoms with E-state index in [1.165, 1.54) is 43.4 Å². The second kappa shape index (κ2) is 7.77. The SMILES string of the molecule is CCCNc1nc(C2CCC(CC)CC2)nc(CC)c1C. The highest BCUT2D eigenvalue weighted by Crippen LogP contribution is 2.36. The Morgan fingerprint density at radius 1 is 1.05 bits per heavy atom. The molecular weight excluding hydrogens is 258 g/mol. The summed E-state index contributed by atoms with van der Waals surface area (Å²) in [6.45, 7) is 9.83. The van der Waals surface area contributed by atoms with Crippen LogP contribution in [0.2, 0.25) is 0 Å². The Morgan fingerprint density at radius 3 is 2.33 bits per heavy atom. The minimum Gasteiger partial charge on any atom is -0.370 e. The van der Waals surface area contributed by atoms with E-state index in [9.17, 15) is 0 Å². The molecule has 1 aliphatic rings. The number of hydrogen-bond acceptors (Lipinski definition) is 3. The van der Waals surface area contributed by atoms with Crippen LogP contribution in [0.5, 0.6) is 0 Å². The summed E-state index contributed by atoms with van der Waals surface area (Å²) in [5.74, 6) is 3.65. The Morgan fingerprint density at radius 2 is 1.76 bits per heavy atom. The summed E-state index contributed by atoms with van der Waals surface area (Å²) in [5, 5.41) is 3.49. The zero-order valence-corrected chi connectivity index (χ0v) is 14.2. The van der Waals surface area contributed by atoms with E-state index >= 15 is 0 Å². The van der Waals surface area contributed by atoms with Gasteiger partial charge in [0.05, 0.1) is 0 Å². The highest BCUT2D eigenvalue weighted by atomic mass is 15.0. The third kappa shape index (κ3) is 3.96. The molecule has 1 heterocycles. The van der Waals surface area contributed by atoms with Crippen molar-refractivity contribution in [1.82, 2.24) is 9.97 Å². The van der Waals surface area contributed by atoms with Gasteiger partial charge in [-0.25, -0.2) is 9.97 Å². The van der Waals surface area contributed by atoms with Crippen LogP contribution in [0.3, 0.4) is 0 Å². The summed E-state index contributed by atoms with van der Waals surface area (Å²) in [6.07, 6.45) is 8.66. The number of hydrogen-bond donors (Lipinski definition) is 1. The van der Waals surface area contributed by atoms with Gasteiger partial charge in [0.25, 0.3) is 0 Å². The van der Waals surface area contributed by atoms with Crippen LogP contribution in [0.15, 0.2) is 0 Å². The maximum absolute atomic E-state index is 4.88. The van der Waals surface area contributed by atoms with Crippen LogP contribution in [0.4, 0.5) is 5.82 Å². The first-order valence-corrected chi connectivity index (χ1v) is 8.80. The van der Waals surface area contributed by atoms with Gasteiger partial charge in [-0.15, -0.1) is 0 Å². The van der Waals surface area contributed by atoms with Gasteiger partial charge in [0.15, 0.2) is 0 Å². The van der Waals surface area contributed by atoms with Crippen molar-refractivity contribution in [1.29, 1.82) is 0 Å². The summed E-state index contributed by atoms with van der Waals surface area (Å²) < 4.78 is 0. The first-order chi connectivity index (χ1) is 10.2. The van der Waals surface area contributed by atoms with Crippen molar-refractivity contribution in [3.63, 3.8) is 0 Å². The van der Waals surface area contributed by atoms with Gasteiger partial charge < -0.3 is 5.32 Å². The predicted octanol–water partition coefficient (Wildman–Crippen LogP) is 4.85. The molecular formula is C18H31N3. The van der Waals surface area contributed by atoms with Crippen LogP contribution in [0, 0.1) is 12.8 Å². The summed E-state index contributed by atoms with van der Waals surface area (Å²) >= 11 is 0.